The van der Waals surface area contributed by atoms with Gasteiger partial charge in [0, 0.05) is 30.7 Å². The van der Waals surface area contributed by atoms with Gasteiger partial charge in [-0.1, -0.05) is 48.5 Å². The number of carbonyl (C=O) groups excluding carboxylic acids is 2. The van der Waals surface area contributed by atoms with Crippen molar-refractivity contribution in [2.24, 2.45) is 10.9 Å². The van der Waals surface area contributed by atoms with Crippen molar-refractivity contribution >= 4 is 17.7 Å². The number of cyclic esters (lactones) is 1. The lowest BCUT2D eigenvalue weighted by Crippen LogP contribution is -2.43. The summed E-state index contributed by atoms with van der Waals surface area (Å²) in [4.78, 5) is 29.6. The number of aliphatic imine (C=N–C) groups is 1. The van der Waals surface area contributed by atoms with E-state index in [1.54, 1.807) is 0 Å². The first-order valence-corrected chi connectivity index (χ1v) is 8.60. The molecule has 2 aliphatic rings. The van der Waals surface area contributed by atoms with Crippen LogP contribution in [0.1, 0.15) is 30.4 Å². The lowest BCUT2D eigenvalue weighted by Gasteiger charge is -2.28. The van der Waals surface area contributed by atoms with Crippen LogP contribution in [0.3, 0.4) is 0 Å². The van der Waals surface area contributed by atoms with Crippen LogP contribution >= 0.6 is 0 Å². The Morgan fingerprint density at radius 1 is 1.00 bits per heavy atom. The van der Waals surface area contributed by atoms with Crippen molar-refractivity contribution in [3.63, 3.8) is 0 Å². The second-order valence-electron chi connectivity index (χ2n) is 6.74. The van der Waals surface area contributed by atoms with Gasteiger partial charge >= 0.3 is 5.97 Å². The maximum absolute atomic E-state index is 12.9. The summed E-state index contributed by atoms with van der Waals surface area (Å²) in [6.45, 7) is 0. The molecule has 1 saturated carbocycles. The number of hydrogen-bond acceptors (Lipinski definition) is 4. The molecule has 4 heteroatoms. The summed E-state index contributed by atoms with van der Waals surface area (Å²) in [5.74, 6) is 0.123. The molecule has 25 heavy (non-hydrogen) atoms. The molecular formula is C21H19NO3. The van der Waals surface area contributed by atoms with Crippen molar-refractivity contribution in [3.05, 3.63) is 71.8 Å². The molecule has 1 aliphatic carbocycles. The standard InChI is InChI=1S/C21H19NO3/c23-18-12-11-17(13-18)21(14-15-7-3-1-4-8-15)20(24)25-19(22-21)16-9-5-2-6-10-16/h1-10,17H,11-14H2/t17-,21+/m0/s1. The average Bonchev–Trinajstić information content (AvgIpc) is 3.22. The molecule has 2 aromatic rings. The molecular weight excluding hydrogens is 314 g/mol. The first-order valence-electron chi connectivity index (χ1n) is 8.60. The van der Waals surface area contributed by atoms with Crippen LogP contribution in [0.15, 0.2) is 65.7 Å². The third-order valence-electron chi connectivity index (χ3n) is 5.10. The van der Waals surface area contributed by atoms with Crippen molar-refractivity contribution in [2.75, 3.05) is 0 Å². The predicted molar refractivity (Wildman–Crippen MR) is 94.3 cm³/mol. The van der Waals surface area contributed by atoms with Crippen molar-refractivity contribution in [1.29, 1.82) is 0 Å². The largest absolute Gasteiger partial charge is 0.405 e. The molecule has 126 valence electrons. The second kappa shape index (κ2) is 6.28. The molecule has 1 aliphatic heterocycles. The Bertz CT molecular complexity index is 829. The monoisotopic (exact) mass is 333 g/mol. The maximum atomic E-state index is 12.9. The number of esters is 1. The van der Waals surface area contributed by atoms with Crippen LogP contribution in [0.5, 0.6) is 0 Å². The molecule has 0 unspecified atom stereocenters. The lowest BCUT2D eigenvalue weighted by atomic mass is 9.78. The predicted octanol–water partition coefficient (Wildman–Crippen LogP) is 3.34. The van der Waals surface area contributed by atoms with E-state index in [9.17, 15) is 9.59 Å². The minimum Gasteiger partial charge on any atom is -0.405 e. The van der Waals surface area contributed by atoms with E-state index >= 15 is 0 Å². The van der Waals surface area contributed by atoms with Crippen LogP contribution in [0.4, 0.5) is 0 Å². The fourth-order valence-electron chi connectivity index (χ4n) is 3.77. The van der Waals surface area contributed by atoms with Crippen molar-refractivity contribution < 1.29 is 14.3 Å². The Balaban J connectivity index is 1.76. The van der Waals surface area contributed by atoms with Gasteiger partial charge in [-0.2, -0.15) is 0 Å². The Hall–Kier alpha value is -2.75. The fraction of sp³-hybridized carbons (Fsp3) is 0.286. The molecule has 1 heterocycles. The number of ether oxygens (including phenoxy) is 1. The van der Waals surface area contributed by atoms with Gasteiger partial charge in [0.25, 0.3) is 0 Å². The van der Waals surface area contributed by atoms with Gasteiger partial charge in [-0.05, 0) is 24.1 Å². The first kappa shape index (κ1) is 15.8. The minimum absolute atomic E-state index is 0.103. The van der Waals surface area contributed by atoms with Gasteiger partial charge in [0.05, 0.1) is 0 Å². The lowest BCUT2D eigenvalue weighted by molar-refractivity contribution is -0.141. The van der Waals surface area contributed by atoms with Crippen LogP contribution < -0.4 is 0 Å². The molecule has 1 fully saturated rings. The molecule has 0 amide bonds. The molecule has 2 atom stereocenters. The van der Waals surface area contributed by atoms with Crippen LogP contribution in [0.2, 0.25) is 0 Å². The van der Waals surface area contributed by atoms with E-state index in [0.29, 0.717) is 31.6 Å². The molecule has 0 saturated heterocycles. The number of ketones is 1. The normalized spacial score (nSPS) is 25.8. The first-order chi connectivity index (χ1) is 12.2. The Kier molecular flexibility index (Phi) is 3.96. The highest BCUT2D eigenvalue weighted by atomic mass is 16.6. The van der Waals surface area contributed by atoms with E-state index in [4.69, 9.17) is 9.73 Å². The molecule has 4 nitrogen and oxygen atoms in total. The summed E-state index contributed by atoms with van der Waals surface area (Å²) < 4.78 is 5.58. The number of carbonyl (C=O) groups is 2. The van der Waals surface area contributed by atoms with Gasteiger partial charge in [0.2, 0.25) is 5.90 Å². The summed E-state index contributed by atoms with van der Waals surface area (Å²) in [5.41, 5.74) is 0.811. The van der Waals surface area contributed by atoms with E-state index < -0.39 is 5.54 Å². The number of Topliss-reactive ketones (excluding diaryl/α,β-unsaturated/α-hetero) is 1. The van der Waals surface area contributed by atoms with Gasteiger partial charge < -0.3 is 4.74 Å². The molecule has 0 bridgehead atoms. The number of benzene rings is 2. The van der Waals surface area contributed by atoms with Crippen molar-refractivity contribution in [2.45, 2.75) is 31.2 Å². The topological polar surface area (TPSA) is 55.7 Å². The Labute approximate surface area is 146 Å². The van der Waals surface area contributed by atoms with Gasteiger partial charge in [-0.15, -0.1) is 0 Å². The molecule has 2 aromatic carbocycles. The zero-order valence-corrected chi connectivity index (χ0v) is 13.9. The smallest absolute Gasteiger partial charge is 0.341 e. The fourth-order valence-corrected chi connectivity index (χ4v) is 3.77. The Morgan fingerprint density at radius 2 is 1.68 bits per heavy atom. The number of hydrogen-bond donors (Lipinski definition) is 0. The van der Waals surface area contributed by atoms with Crippen LogP contribution in [-0.2, 0) is 20.7 Å². The van der Waals surface area contributed by atoms with Gasteiger partial charge in [-0.3, -0.25) is 4.79 Å². The second-order valence-corrected chi connectivity index (χ2v) is 6.74. The summed E-state index contributed by atoms with van der Waals surface area (Å²) in [6, 6.07) is 19.3. The quantitative estimate of drug-likeness (QED) is 0.806. The summed E-state index contributed by atoms with van der Waals surface area (Å²) in [6.07, 6.45) is 2.06. The summed E-state index contributed by atoms with van der Waals surface area (Å²) in [7, 11) is 0. The van der Waals surface area contributed by atoms with Gasteiger partial charge in [0.1, 0.15) is 5.78 Å². The van der Waals surface area contributed by atoms with Crippen LogP contribution in [0.25, 0.3) is 0 Å². The third-order valence-corrected chi connectivity index (χ3v) is 5.10. The van der Waals surface area contributed by atoms with Crippen molar-refractivity contribution in [1.82, 2.24) is 0 Å². The third kappa shape index (κ3) is 2.88. The molecule has 0 N–H and O–H groups in total. The summed E-state index contributed by atoms with van der Waals surface area (Å²) in [5, 5.41) is 0. The van der Waals surface area contributed by atoms with Crippen LogP contribution in [-0.4, -0.2) is 23.2 Å². The molecule has 0 spiro atoms. The average molecular weight is 333 g/mol. The SMILES string of the molecule is O=C1CC[C@H]([C@@]2(Cc3ccccc3)N=C(c3ccccc3)OC2=O)C1. The highest BCUT2D eigenvalue weighted by Gasteiger charge is 2.53. The minimum atomic E-state index is -1.00. The van der Waals surface area contributed by atoms with Gasteiger partial charge in [0.15, 0.2) is 5.54 Å². The molecule has 4 rings (SSSR count). The summed E-state index contributed by atoms with van der Waals surface area (Å²) >= 11 is 0. The highest BCUT2D eigenvalue weighted by Crippen LogP contribution is 2.41. The van der Waals surface area contributed by atoms with E-state index in [1.807, 2.05) is 60.7 Å². The maximum Gasteiger partial charge on any atom is 0.341 e. The Morgan fingerprint density at radius 3 is 2.32 bits per heavy atom. The zero-order valence-electron chi connectivity index (χ0n) is 13.9. The zero-order chi connectivity index (χ0) is 17.3. The molecule has 0 radical (unpaired) electrons. The van der Waals surface area contributed by atoms with Gasteiger partial charge in [-0.25, -0.2) is 9.79 Å². The van der Waals surface area contributed by atoms with E-state index in [0.717, 1.165) is 11.1 Å². The molecule has 0 aromatic heterocycles. The van der Waals surface area contributed by atoms with E-state index in [1.165, 1.54) is 0 Å². The highest BCUT2D eigenvalue weighted by molar-refractivity contribution is 6.08. The van der Waals surface area contributed by atoms with Crippen molar-refractivity contribution in [3.8, 4) is 0 Å². The number of nitrogens with zero attached hydrogens (tertiary/aromatic N) is 1. The van der Waals surface area contributed by atoms with E-state index in [2.05, 4.69) is 0 Å². The number of rotatable bonds is 4. The van der Waals surface area contributed by atoms with Crippen LogP contribution in [0, 0.1) is 5.92 Å². The van der Waals surface area contributed by atoms with E-state index in [-0.39, 0.29) is 17.7 Å².